The first-order valence-electron chi connectivity index (χ1n) is 8.38. The monoisotopic (exact) mass is 373 g/mol. The number of anilines is 1. The average molecular weight is 374 g/mol. The molecule has 1 N–H and O–H groups in total. The Morgan fingerprint density at radius 1 is 1.19 bits per heavy atom. The highest BCUT2D eigenvalue weighted by Crippen LogP contribution is 2.13. The highest BCUT2D eigenvalue weighted by molar-refractivity contribution is 6.30. The van der Waals surface area contributed by atoms with E-state index in [-0.39, 0.29) is 5.91 Å². The smallest absolute Gasteiger partial charge is 0.270 e. The lowest BCUT2D eigenvalue weighted by Crippen LogP contribution is -2.46. The molecule has 2 heterocycles. The molecule has 2 aromatic rings. The number of aromatic nitrogens is 2. The zero-order chi connectivity index (χ0) is 18.5. The number of carbonyl (C=O) groups is 2. The maximum atomic E-state index is 12.5. The molecular weight excluding hydrogens is 354 g/mol. The Hall–Kier alpha value is -2.67. The van der Waals surface area contributed by atoms with Crippen molar-refractivity contribution in [2.24, 2.45) is 0 Å². The fraction of sp³-hybridized carbons (Fsp3) is 0.333. The van der Waals surface area contributed by atoms with Gasteiger partial charge in [-0.1, -0.05) is 23.7 Å². The number of piperazine rings is 1. The van der Waals surface area contributed by atoms with E-state index in [1.165, 1.54) is 0 Å². The number of nitrogens with one attached hydrogen (secondary N) is 1. The van der Waals surface area contributed by atoms with Crippen LogP contribution in [0.1, 0.15) is 21.7 Å². The fourth-order valence-corrected chi connectivity index (χ4v) is 2.84. The van der Waals surface area contributed by atoms with E-state index in [9.17, 15) is 9.59 Å². The van der Waals surface area contributed by atoms with Gasteiger partial charge in [0.2, 0.25) is 12.4 Å². The lowest BCUT2D eigenvalue weighted by molar-refractivity contribution is -0.118. The highest BCUT2D eigenvalue weighted by Gasteiger charge is 2.20. The molecular formula is C18H20ClN5O2. The van der Waals surface area contributed by atoms with Gasteiger partial charge in [0, 0.05) is 43.4 Å². The maximum absolute atomic E-state index is 12.5. The molecule has 136 valence electrons. The molecule has 2 amide bonds. The van der Waals surface area contributed by atoms with Gasteiger partial charge in [0.1, 0.15) is 5.69 Å². The molecule has 7 nitrogen and oxygen atoms in total. The Balaban J connectivity index is 1.67. The Bertz CT molecular complexity index is 789. The summed E-state index contributed by atoms with van der Waals surface area (Å²) in [6.07, 6.45) is 0.851. The largest absolute Gasteiger partial charge is 0.347 e. The number of amides is 2. The molecule has 26 heavy (non-hydrogen) atoms. The lowest BCUT2D eigenvalue weighted by Gasteiger charge is -2.32. The van der Waals surface area contributed by atoms with E-state index < -0.39 is 0 Å². The van der Waals surface area contributed by atoms with Gasteiger partial charge >= 0.3 is 0 Å². The first-order chi connectivity index (χ1) is 12.5. The third-order valence-electron chi connectivity index (χ3n) is 4.19. The van der Waals surface area contributed by atoms with Crippen LogP contribution in [0.3, 0.4) is 0 Å². The van der Waals surface area contributed by atoms with Gasteiger partial charge < -0.3 is 15.1 Å². The summed E-state index contributed by atoms with van der Waals surface area (Å²) < 4.78 is 0. The Labute approximate surface area is 157 Å². The first-order valence-corrected chi connectivity index (χ1v) is 8.75. The van der Waals surface area contributed by atoms with E-state index in [0.29, 0.717) is 49.4 Å². The summed E-state index contributed by atoms with van der Waals surface area (Å²) >= 11 is 5.87. The van der Waals surface area contributed by atoms with Crippen LogP contribution in [0.4, 0.5) is 5.95 Å². The second-order valence-corrected chi connectivity index (χ2v) is 6.57. The molecule has 0 atom stereocenters. The van der Waals surface area contributed by atoms with Crippen molar-refractivity contribution in [2.45, 2.75) is 13.5 Å². The molecule has 0 saturated carbocycles. The summed E-state index contributed by atoms with van der Waals surface area (Å²) in [6, 6.07) is 8.98. The Kier molecular flexibility index (Phi) is 5.68. The number of halogens is 1. The van der Waals surface area contributed by atoms with E-state index in [1.807, 2.05) is 24.0 Å². The summed E-state index contributed by atoms with van der Waals surface area (Å²) in [4.78, 5) is 35.8. The topological polar surface area (TPSA) is 78.4 Å². The molecule has 1 aliphatic rings. The van der Waals surface area contributed by atoms with Crippen molar-refractivity contribution in [3.05, 3.63) is 52.3 Å². The van der Waals surface area contributed by atoms with Gasteiger partial charge in [-0.25, -0.2) is 9.97 Å². The van der Waals surface area contributed by atoms with Crippen molar-refractivity contribution in [3.8, 4) is 0 Å². The number of aryl methyl sites for hydroxylation is 1. The van der Waals surface area contributed by atoms with Gasteiger partial charge in [0.25, 0.3) is 5.91 Å². The van der Waals surface area contributed by atoms with Crippen LogP contribution in [-0.4, -0.2) is 53.4 Å². The minimum absolute atomic E-state index is 0.252. The van der Waals surface area contributed by atoms with Crippen LogP contribution in [0.5, 0.6) is 0 Å². The summed E-state index contributed by atoms with van der Waals surface area (Å²) in [5, 5.41) is 3.52. The van der Waals surface area contributed by atoms with Gasteiger partial charge in [-0.2, -0.15) is 0 Å². The number of carbonyl (C=O) groups excluding carboxylic acids is 2. The van der Waals surface area contributed by atoms with E-state index in [1.54, 1.807) is 23.1 Å². The average Bonchev–Trinajstić information content (AvgIpc) is 2.67. The van der Waals surface area contributed by atoms with Crippen molar-refractivity contribution < 1.29 is 9.59 Å². The molecule has 0 unspecified atom stereocenters. The van der Waals surface area contributed by atoms with E-state index in [0.717, 1.165) is 17.7 Å². The highest BCUT2D eigenvalue weighted by atomic mass is 35.5. The normalized spacial score (nSPS) is 14.2. The molecule has 1 aromatic heterocycles. The van der Waals surface area contributed by atoms with Crippen molar-refractivity contribution in [1.29, 1.82) is 0 Å². The third kappa shape index (κ3) is 4.49. The van der Waals surface area contributed by atoms with E-state index in [4.69, 9.17) is 11.6 Å². The van der Waals surface area contributed by atoms with Crippen molar-refractivity contribution in [2.75, 3.05) is 31.1 Å². The molecule has 1 aromatic carbocycles. The molecule has 1 saturated heterocycles. The van der Waals surface area contributed by atoms with Crippen molar-refractivity contribution >= 4 is 29.9 Å². The summed E-state index contributed by atoms with van der Waals surface area (Å²) in [7, 11) is 0. The van der Waals surface area contributed by atoms with Gasteiger partial charge in [-0.15, -0.1) is 0 Å². The lowest BCUT2D eigenvalue weighted by atomic mass is 10.2. The number of nitrogens with zero attached hydrogens (tertiary/aromatic N) is 4. The van der Waals surface area contributed by atoms with Crippen LogP contribution in [0.2, 0.25) is 5.02 Å². The number of benzene rings is 1. The van der Waals surface area contributed by atoms with Gasteiger partial charge in [-0.05, 0) is 30.7 Å². The molecule has 0 spiro atoms. The van der Waals surface area contributed by atoms with Crippen LogP contribution >= 0.6 is 11.6 Å². The Morgan fingerprint density at radius 2 is 1.88 bits per heavy atom. The minimum atomic E-state index is -0.252. The molecule has 0 aliphatic carbocycles. The molecule has 1 aliphatic heterocycles. The first kappa shape index (κ1) is 18.1. The number of rotatable bonds is 5. The van der Waals surface area contributed by atoms with Gasteiger partial charge in [-0.3, -0.25) is 9.59 Å². The molecule has 0 bridgehead atoms. The van der Waals surface area contributed by atoms with Gasteiger partial charge in [0.15, 0.2) is 0 Å². The summed E-state index contributed by atoms with van der Waals surface area (Å²) in [5.74, 6) is 0.269. The summed E-state index contributed by atoms with van der Waals surface area (Å²) in [5.41, 5.74) is 2.02. The van der Waals surface area contributed by atoms with Crippen LogP contribution in [0, 0.1) is 6.92 Å². The second kappa shape index (κ2) is 8.14. The quantitative estimate of drug-likeness (QED) is 0.806. The number of hydrogen-bond acceptors (Lipinski definition) is 5. The zero-order valence-electron chi connectivity index (χ0n) is 14.5. The van der Waals surface area contributed by atoms with E-state index >= 15 is 0 Å². The van der Waals surface area contributed by atoms with Gasteiger partial charge in [0.05, 0.1) is 0 Å². The van der Waals surface area contributed by atoms with Crippen molar-refractivity contribution in [1.82, 2.24) is 20.2 Å². The third-order valence-corrected chi connectivity index (χ3v) is 4.44. The molecule has 1 fully saturated rings. The van der Waals surface area contributed by atoms with Crippen molar-refractivity contribution in [3.63, 3.8) is 0 Å². The second-order valence-electron chi connectivity index (χ2n) is 6.13. The van der Waals surface area contributed by atoms with Crippen LogP contribution < -0.4 is 10.2 Å². The predicted molar refractivity (Wildman–Crippen MR) is 99.2 cm³/mol. The maximum Gasteiger partial charge on any atom is 0.270 e. The molecule has 8 heteroatoms. The van der Waals surface area contributed by atoms with Crippen LogP contribution in [0.15, 0.2) is 30.3 Å². The SMILES string of the molecule is Cc1cc(C(=O)NCc2ccc(Cl)cc2)nc(N2CCN(C=O)CC2)n1. The van der Waals surface area contributed by atoms with E-state index in [2.05, 4.69) is 15.3 Å². The Morgan fingerprint density at radius 3 is 2.54 bits per heavy atom. The van der Waals surface area contributed by atoms with Crippen LogP contribution in [0.25, 0.3) is 0 Å². The predicted octanol–water partition coefficient (Wildman–Crippen LogP) is 1.65. The fourth-order valence-electron chi connectivity index (χ4n) is 2.71. The molecule has 3 rings (SSSR count). The molecule has 0 radical (unpaired) electrons. The zero-order valence-corrected chi connectivity index (χ0v) is 15.2. The minimum Gasteiger partial charge on any atom is -0.347 e. The van der Waals surface area contributed by atoms with Crippen LogP contribution in [-0.2, 0) is 11.3 Å². The summed E-state index contributed by atoms with van der Waals surface area (Å²) in [6.45, 7) is 4.77. The standard InChI is InChI=1S/C18H20ClN5O2/c1-13-10-16(17(26)20-11-14-2-4-15(19)5-3-14)22-18(21-13)24-8-6-23(12-25)7-9-24/h2-5,10,12H,6-9,11H2,1H3,(H,20,26). The number of hydrogen-bond donors (Lipinski definition) is 1.